The summed E-state index contributed by atoms with van der Waals surface area (Å²) in [6.45, 7) is 6.00. The van der Waals surface area contributed by atoms with Gasteiger partial charge in [0.25, 0.3) is 5.69 Å². The van der Waals surface area contributed by atoms with Gasteiger partial charge in [0.2, 0.25) is 0 Å². The zero-order chi connectivity index (χ0) is 22.1. The molecule has 160 valence electrons. The topological polar surface area (TPSA) is 108 Å². The summed E-state index contributed by atoms with van der Waals surface area (Å²) in [5, 5.41) is 14.9. The van der Waals surface area contributed by atoms with Gasteiger partial charge in [-0.1, -0.05) is 32.0 Å². The number of benzene rings is 1. The highest BCUT2D eigenvalue weighted by atomic mass is 16.6. The Bertz CT molecular complexity index is 960. The largest absolute Gasteiger partial charge is 0.460 e. The van der Waals surface area contributed by atoms with Crippen LogP contribution in [0.4, 0.5) is 5.69 Å². The number of nitro benzene ring substituents is 1. The summed E-state index contributed by atoms with van der Waals surface area (Å²) in [7, 11) is 1.50. The predicted molar refractivity (Wildman–Crippen MR) is 110 cm³/mol. The molecule has 0 spiro atoms. The number of ketones is 1. The molecule has 3 rings (SSSR count). The van der Waals surface area contributed by atoms with Gasteiger partial charge in [-0.3, -0.25) is 14.9 Å². The molecule has 8 nitrogen and oxygen atoms in total. The highest BCUT2D eigenvalue weighted by molar-refractivity contribution is 6.04. The highest BCUT2D eigenvalue weighted by Crippen LogP contribution is 2.48. The average molecular weight is 414 g/mol. The summed E-state index contributed by atoms with van der Waals surface area (Å²) in [6.07, 6.45) is 0.907. The van der Waals surface area contributed by atoms with Crippen LogP contribution in [0.5, 0.6) is 0 Å². The predicted octanol–water partition coefficient (Wildman–Crippen LogP) is 3.39. The SMILES string of the molecule is COCCOC(=O)C1=C(C)NC2=C(C(=O)CC(C)(C)C2)[C@H]1c1ccccc1[N+](=O)[O-]. The number of carbonyl (C=O) groups is 2. The van der Waals surface area contributed by atoms with Crippen molar-refractivity contribution < 1.29 is 24.0 Å². The van der Waals surface area contributed by atoms with Crippen LogP contribution in [-0.4, -0.2) is 37.0 Å². The molecule has 2 aliphatic rings. The molecule has 1 aliphatic carbocycles. The molecule has 0 radical (unpaired) electrons. The molecule has 1 aromatic carbocycles. The standard InChI is InChI=1S/C22H26N2O6/c1-13-18(21(26)30-10-9-29-4)19(14-7-5-6-8-16(14)24(27)28)20-15(23-13)11-22(2,3)12-17(20)25/h5-8,19,23H,9-12H2,1-4H3/t19-/m0/s1. The molecule has 0 aromatic heterocycles. The maximum atomic E-state index is 13.2. The van der Waals surface area contributed by atoms with Gasteiger partial charge >= 0.3 is 5.97 Å². The van der Waals surface area contributed by atoms with Gasteiger partial charge in [0.1, 0.15) is 6.61 Å². The molecule has 1 atom stereocenters. The molecule has 1 aliphatic heterocycles. The number of allylic oxidation sites excluding steroid dienone is 3. The fourth-order valence-electron chi connectivity index (χ4n) is 4.21. The fourth-order valence-corrected chi connectivity index (χ4v) is 4.21. The molecule has 0 amide bonds. The average Bonchev–Trinajstić information content (AvgIpc) is 2.65. The molecule has 1 heterocycles. The molecule has 0 unspecified atom stereocenters. The van der Waals surface area contributed by atoms with E-state index >= 15 is 0 Å². The molecule has 0 fully saturated rings. The number of ether oxygens (including phenoxy) is 2. The van der Waals surface area contributed by atoms with Gasteiger partial charge in [-0.05, 0) is 18.8 Å². The molecule has 0 saturated carbocycles. The zero-order valence-corrected chi connectivity index (χ0v) is 17.6. The van der Waals surface area contributed by atoms with Crippen molar-refractivity contribution in [2.75, 3.05) is 20.3 Å². The molecule has 0 saturated heterocycles. The van der Waals surface area contributed by atoms with Gasteiger partial charge in [-0.2, -0.15) is 0 Å². The first-order valence-corrected chi connectivity index (χ1v) is 9.79. The number of carbonyl (C=O) groups excluding carboxylic acids is 2. The van der Waals surface area contributed by atoms with Crippen molar-refractivity contribution >= 4 is 17.4 Å². The van der Waals surface area contributed by atoms with E-state index in [0.717, 1.165) is 0 Å². The third-order valence-corrected chi connectivity index (χ3v) is 5.42. The van der Waals surface area contributed by atoms with Crippen molar-refractivity contribution in [2.45, 2.75) is 39.5 Å². The van der Waals surface area contributed by atoms with Crippen LogP contribution in [0.2, 0.25) is 0 Å². The Kier molecular flexibility index (Phi) is 6.07. The molecule has 1 aromatic rings. The Morgan fingerprint density at radius 2 is 1.97 bits per heavy atom. The van der Waals surface area contributed by atoms with E-state index in [1.54, 1.807) is 25.1 Å². The van der Waals surface area contributed by atoms with Crippen LogP contribution in [-0.2, 0) is 19.1 Å². The van der Waals surface area contributed by atoms with Gasteiger partial charge in [-0.15, -0.1) is 0 Å². The lowest BCUT2D eigenvalue weighted by Crippen LogP contribution is -2.39. The Labute approximate surface area is 175 Å². The van der Waals surface area contributed by atoms with Crippen LogP contribution < -0.4 is 5.32 Å². The zero-order valence-electron chi connectivity index (χ0n) is 17.6. The first-order valence-electron chi connectivity index (χ1n) is 9.79. The minimum atomic E-state index is -0.860. The highest BCUT2D eigenvalue weighted by Gasteiger charge is 2.44. The lowest BCUT2D eigenvalue weighted by Gasteiger charge is -2.39. The number of nitrogens with one attached hydrogen (secondary N) is 1. The number of nitro groups is 1. The lowest BCUT2D eigenvalue weighted by atomic mass is 9.68. The molecule has 0 bridgehead atoms. The number of dihydropyridines is 1. The Hall–Kier alpha value is -3.00. The Morgan fingerprint density at radius 1 is 1.27 bits per heavy atom. The van der Waals surface area contributed by atoms with Crippen LogP contribution in [0, 0.1) is 15.5 Å². The van der Waals surface area contributed by atoms with Gasteiger partial charge in [0.05, 0.1) is 23.0 Å². The van der Waals surface area contributed by atoms with E-state index in [-0.39, 0.29) is 35.7 Å². The van der Waals surface area contributed by atoms with Crippen LogP contribution in [0.15, 0.2) is 46.8 Å². The minimum Gasteiger partial charge on any atom is -0.460 e. The van der Waals surface area contributed by atoms with Crippen LogP contribution in [0.25, 0.3) is 0 Å². The number of hydrogen-bond acceptors (Lipinski definition) is 7. The number of esters is 1. The quantitative estimate of drug-likeness (QED) is 0.329. The van der Waals surface area contributed by atoms with Crippen molar-refractivity contribution in [2.24, 2.45) is 5.41 Å². The van der Waals surface area contributed by atoms with Crippen molar-refractivity contribution in [3.05, 3.63) is 62.5 Å². The van der Waals surface area contributed by atoms with E-state index in [9.17, 15) is 19.7 Å². The lowest BCUT2D eigenvalue weighted by molar-refractivity contribution is -0.385. The molecular weight excluding hydrogens is 388 g/mol. The number of rotatable bonds is 6. The maximum absolute atomic E-state index is 13.2. The van der Waals surface area contributed by atoms with E-state index in [4.69, 9.17) is 9.47 Å². The number of nitrogens with zero attached hydrogens (tertiary/aromatic N) is 1. The number of Topliss-reactive ketones (excluding diaryl/α,β-unsaturated/α-hetero) is 1. The number of methoxy groups -OCH3 is 1. The summed E-state index contributed by atoms with van der Waals surface area (Å²) >= 11 is 0. The third kappa shape index (κ3) is 4.14. The van der Waals surface area contributed by atoms with Crippen molar-refractivity contribution in [3.63, 3.8) is 0 Å². The summed E-state index contributed by atoms with van der Waals surface area (Å²) < 4.78 is 10.3. The molecule has 30 heavy (non-hydrogen) atoms. The summed E-state index contributed by atoms with van der Waals surface area (Å²) in [5.41, 5.74) is 1.80. The van der Waals surface area contributed by atoms with Gasteiger partial charge < -0.3 is 14.8 Å². The van der Waals surface area contributed by atoms with E-state index in [0.29, 0.717) is 35.4 Å². The normalized spacial score (nSPS) is 20.5. The van der Waals surface area contributed by atoms with E-state index < -0.39 is 16.8 Å². The number of hydrogen-bond donors (Lipinski definition) is 1. The molecule has 1 N–H and O–H groups in total. The summed E-state index contributed by atoms with van der Waals surface area (Å²) in [4.78, 5) is 37.4. The maximum Gasteiger partial charge on any atom is 0.336 e. The smallest absolute Gasteiger partial charge is 0.336 e. The monoisotopic (exact) mass is 414 g/mol. The van der Waals surface area contributed by atoms with Gasteiger partial charge in [-0.25, -0.2) is 4.79 Å². The third-order valence-electron chi connectivity index (χ3n) is 5.42. The first kappa shape index (κ1) is 21.7. The Morgan fingerprint density at radius 3 is 2.63 bits per heavy atom. The van der Waals surface area contributed by atoms with Crippen molar-refractivity contribution in [1.82, 2.24) is 5.32 Å². The van der Waals surface area contributed by atoms with Crippen molar-refractivity contribution in [3.8, 4) is 0 Å². The van der Waals surface area contributed by atoms with E-state index in [1.807, 2.05) is 13.8 Å². The van der Waals surface area contributed by atoms with Crippen LogP contribution in [0.3, 0.4) is 0 Å². The van der Waals surface area contributed by atoms with Crippen LogP contribution >= 0.6 is 0 Å². The minimum absolute atomic E-state index is 0.0442. The fraction of sp³-hybridized carbons (Fsp3) is 0.455. The Balaban J connectivity index is 2.17. The first-order chi connectivity index (χ1) is 14.2. The van der Waals surface area contributed by atoms with E-state index in [2.05, 4.69) is 5.32 Å². The second-order valence-corrected chi connectivity index (χ2v) is 8.37. The number of para-hydroxylation sites is 1. The van der Waals surface area contributed by atoms with Crippen LogP contribution in [0.1, 0.15) is 45.1 Å². The van der Waals surface area contributed by atoms with E-state index in [1.165, 1.54) is 13.2 Å². The summed E-state index contributed by atoms with van der Waals surface area (Å²) in [6, 6.07) is 6.22. The second kappa shape index (κ2) is 8.39. The summed E-state index contributed by atoms with van der Waals surface area (Å²) in [5.74, 6) is -1.60. The second-order valence-electron chi connectivity index (χ2n) is 8.37. The molecular formula is C22H26N2O6. The molecule has 8 heteroatoms. The van der Waals surface area contributed by atoms with Gasteiger partial charge in [0, 0.05) is 42.1 Å². The van der Waals surface area contributed by atoms with Crippen molar-refractivity contribution in [1.29, 1.82) is 0 Å². The van der Waals surface area contributed by atoms with Gasteiger partial charge in [0.15, 0.2) is 5.78 Å².